The number of aryl methyl sites for hydroxylation is 2. The second-order valence-electron chi connectivity index (χ2n) is 6.83. The molecule has 146 valence electrons. The molecule has 0 aliphatic carbocycles. The molecule has 0 radical (unpaired) electrons. The average molecular weight is 371 g/mol. The van der Waals surface area contributed by atoms with Gasteiger partial charge in [0, 0.05) is 6.42 Å². The van der Waals surface area contributed by atoms with E-state index < -0.39 is 11.7 Å². The summed E-state index contributed by atoms with van der Waals surface area (Å²) in [5.41, 5.74) is 1.15. The van der Waals surface area contributed by atoms with Crippen molar-refractivity contribution < 1.29 is 19.4 Å². The molecule has 0 saturated carbocycles. The third-order valence-corrected chi connectivity index (χ3v) is 4.68. The average Bonchev–Trinajstić information content (AvgIpc) is 2.67. The first kappa shape index (κ1) is 20.9. The van der Waals surface area contributed by atoms with Gasteiger partial charge in [-0.1, -0.05) is 48.5 Å². The molecule has 27 heavy (non-hydrogen) atoms. The van der Waals surface area contributed by atoms with Gasteiger partial charge in [0.25, 0.3) is 0 Å². The molecule has 5 heteroatoms. The highest BCUT2D eigenvalue weighted by Crippen LogP contribution is 2.20. The standard InChI is InChI=1S/C22H29NO4/c1-22(21(24)25,23(2)3)27-17-9-16-26-20-13-8-7-12-19(20)15-14-18-10-5-4-6-11-18/h4-8,10-13H,9,14-17H2,1-3H3,(H,24,25). The normalized spacial score (nSPS) is 13.3. The number of carbonyl (C=O) groups is 1. The van der Waals surface area contributed by atoms with Gasteiger partial charge in [0.1, 0.15) is 5.75 Å². The number of benzene rings is 2. The number of carboxylic acid groups (broad SMARTS) is 1. The van der Waals surface area contributed by atoms with Gasteiger partial charge in [0.05, 0.1) is 13.2 Å². The Labute approximate surface area is 161 Å². The Balaban J connectivity index is 1.81. The summed E-state index contributed by atoms with van der Waals surface area (Å²) in [7, 11) is 3.38. The second-order valence-corrected chi connectivity index (χ2v) is 6.83. The van der Waals surface area contributed by atoms with E-state index in [0.29, 0.717) is 19.6 Å². The van der Waals surface area contributed by atoms with Gasteiger partial charge >= 0.3 is 5.97 Å². The molecule has 1 N–H and O–H groups in total. The van der Waals surface area contributed by atoms with Crippen molar-refractivity contribution in [1.29, 1.82) is 0 Å². The van der Waals surface area contributed by atoms with Crippen molar-refractivity contribution in [3.63, 3.8) is 0 Å². The molecule has 0 aromatic heterocycles. The molecule has 0 aliphatic heterocycles. The number of hydrogen-bond donors (Lipinski definition) is 1. The summed E-state index contributed by atoms with van der Waals surface area (Å²) >= 11 is 0. The fraction of sp³-hybridized carbons (Fsp3) is 0.409. The van der Waals surface area contributed by atoms with E-state index in [-0.39, 0.29) is 0 Å². The van der Waals surface area contributed by atoms with Crippen molar-refractivity contribution >= 4 is 5.97 Å². The molecule has 0 amide bonds. The highest BCUT2D eigenvalue weighted by molar-refractivity contribution is 5.76. The van der Waals surface area contributed by atoms with E-state index in [4.69, 9.17) is 9.47 Å². The number of hydrogen-bond acceptors (Lipinski definition) is 4. The molecule has 0 heterocycles. The van der Waals surface area contributed by atoms with E-state index >= 15 is 0 Å². The quantitative estimate of drug-likeness (QED) is 0.483. The van der Waals surface area contributed by atoms with Crippen LogP contribution in [0, 0.1) is 0 Å². The molecular weight excluding hydrogens is 342 g/mol. The first-order valence-electron chi connectivity index (χ1n) is 9.23. The van der Waals surface area contributed by atoms with E-state index in [1.54, 1.807) is 25.9 Å². The molecule has 0 saturated heterocycles. The minimum Gasteiger partial charge on any atom is -0.493 e. The maximum absolute atomic E-state index is 11.4. The molecule has 0 spiro atoms. The van der Waals surface area contributed by atoms with Gasteiger partial charge in [-0.05, 0) is 51.1 Å². The SMILES string of the molecule is CN(C)C(C)(OCCCOc1ccccc1CCc1ccccc1)C(=O)O. The Bertz CT molecular complexity index is 717. The Kier molecular flexibility index (Phi) is 7.82. The lowest BCUT2D eigenvalue weighted by atomic mass is 10.0. The lowest BCUT2D eigenvalue weighted by molar-refractivity contribution is -0.186. The van der Waals surface area contributed by atoms with E-state index in [2.05, 4.69) is 30.3 Å². The van der Waals surface area contributed by atoms with Crippen LogP contribution < -0.4 is 4.74 Å². The van der Waals surface area contributed by atoms with Crippen molar-refractivity contribution in [2.24, 2.45) is 0 Å². The molecule has 0 bridgehead atoms. The molecule has 0 aliphatic rings. The molecule has 2 aromatic rings. The maximum Gasteiger partial charge on any atom is 0.351 e. The van der Waals surface area contributed by atoms with E-state index in [9.17, 15) is 9.90 Å². The number of carboxylic acids is 1. The zero-order valence-electron chi connectivity index (χ0n) is 16.4. The Morgan fingerprint density at radius 2 is 1.67 bits per heavy atom. The summed E-state index contributed by atoms with van der Waals surface area (Å²) in [5.74, 6) is -0.123. The first-order valence-corrected chi connectivity index (χ1v) is 9.23. The monoisotopic (exact) mass is 371 g/mol. The zero-order valence-corrected chi connectivity index (χ0v) is 16.4. The van der Waals surface area contributed by atoms with Crippen LogP contribution in [0.1, 0.15) is 24.5 Å². The predicted molar refractivity (Wildman–Crippen MR) is 106 cm³/mol. The zero-order chi connectivity index (χ0) is 19.7. The summed E-state index contributed by atoms with van der Waals surface area (Å²) in [6.07, 6.45) is 2.49. The molecule has 5 nitrogen and oxygen atoms in total. The summed E-state index contributed by atoms with van der Waals surface area (Å²) in [4.78, 5) is 12.9. The van der Waals surface area contributed by atoms with Crippen LogP contribution >= 0.6 is 0 Å². The largest absolute Gasteiger partial charge is 0.493 e. The summed E-state index contributed by atoms with van der Waals surface area (Å²) in [6.45, 7) is 2.34. The lowest BCUT2D eigenvalue weighted by Gasteiger charge is -2.31. The third-order valence-electron chi connectivity index (χ3n) is 4.68. The van der Waals surface area contributed by atoms with Crippen LogP contribution in [0.2, 0.25) is 0 Å². The minimum absolute atomic E-state index is 0.313. The Hall–Kier alpha value is -2.37. The van der Waals surface area contributed by atoms with E-state index in [1.807, 2.05) is 24.3 Å². The number of ether oxygens (including phenoxy) is 2. The van der Waals surface area contributed by atoms with Gasteiger partial charge in [0.15, 0.2) is 0 Å². The molecule has 1 unspecified atom stereocenters. The Morgan fingerprint density at radius 1 is 1.00 bits per heavy atom. The smallest absolute Gasteiger partial charge is 0.351 e. The van der Waals surface area contributed by atoms with Crippen molar-refractivity contribution in [2.75, 3.05) is 27.3 Å². The van der Waals surface area contributed by atoms with Crippen LogP contribution in [0.4, 0.5) is 0 Å². The summed E-state index contributed by atoms with van der Waals surface area (Å²) in [6, 6.07) is 18.4. The predicted octanol–water partition coefficient (Wildman–Crippen LogP) is 3.62. The number of rotatable bonds is 11. The molecular formula is C22H29NO4. The van der Waals surface area contributed by atoms with E-state index in [1.165, 1.54) is 11.1 Å². The van der Waals surface area contributed by atoms with Crippen molar-refractivity contribution in [3.05, 3.63) is 65.7 Å². The number of para-hydroxylation sites is 1. The van der Waals surface area contributed by atoms with Crippen molar-refractivity contribution in [1.82, 2.24) is 4.90 Å². The van der Waals surface area contributed by atoms with Crippen LogP contribution in [0.25, 0.3) is 0 Å². The molecule has 2 aromatic carbocycles. The van der Waals surface area contributed by atoms with Crippen LogP contribution in [0.3, 0.4) is 0 Å². The summed E-state index contributed by atoms with van der Waals surface area (Å²) < 4.78 is 11.5. The van der Waals surface area contributed by atoms with Crippen LogP contribution in [-0.2, 0) is 22.4 Å². The van der Waals surface area contributed by atoms with Gasteiger partial charge in [-0.25, -0.2) is 4.79 Å². The lowest BCUT2D eigenvalue weighted by Crippen LogP contribution is -2.51. The van der Waals surface area contributed by atoms with Crippen LogP contribution in [-0.4, -0.2) is 49.0 Å². The molecule has 2 rings (SSSR count). The van der Waals surface area contributed by atoms with Crippen molar-refractivity contribution in [3.8, 4) is 5.75 Å². The number of likely N-dealkylation sites (N-methyl/N-ethyl adjacent to an activating group) is 1. The highest BCUT2D eigenvalue weighted by Gasteiger charge is 2.36. The first-order chi connectivity index (χ1) is 12.9. The van der Waals surface area contributed by atoms with E-state index in [0.717, 1.165) is 18.6 Å². The topological polar surface area (TPSA) is 59.0 Å². The van der Waals surface area contributed by atoms with Gasteiger partial charge in [-0.3, -0.25) is 4.90 Å². The van der Waals surface area contributed by atoms with Gasteiger partial charge in [-0.15, -0.1) is 0 Å². The minimum atomic E-state index is -1.33. The van der Waals surface area contributed by atoms with Gasteiger partial charge in [0.2, 0.25) is 5.72 Å². The number of nitrogens with zero attached hydrogens (tertiary/aromatic N) is 1. The Morgan fingerprint density at radius 3 is 2.33 bits per heavy atom. The maximum atomic E-state index is 11.4. The van der Waals surface area contributed by atoms with Gasteiger partial charge < -0.3 is 14.6 Å². The van der Waals surface area contributed by atoms with Crippen LogP contribution in [0.5, 0.6) is 5.75 Å². The molecule has 1 atom stereocenters. The van der Waals surface area contributed by atoms with Crippen molar-refractivity contribution in [2.45, 2.75) is 31.9 Å². The third kappa shape index (κ3) is 6.08. The molecule has 0 fully saturated rings. The highest BCUT2D eigenvalue weighted by atomic mass is 16.5. The fourth-order valence-electron chi connectivity index (χ4n) is 2.67. The van der Waals surface area contributed by atoms with Crippen LogP contribution in [0.15, 0.2) is 54.6 Å². The van der Waals surface area contributed by atoms with Gasteiger partial charge in [-0.2, -0.15) is 0 Å². The fourth-order valence-corrected chi connectivity index (χ4v) is 2.67. The summed E-state index contributed by atoms with van der Waals surface area (Å²) in [5, 5.41) is 9.33. The second kappa shape index (κ2) is 10.1. The number of aliphatic carboxylic acids is 1.